The van der Waals surface area contributed by atoms with Crippen molar-refractivity contribution in [1.82, 2.24) is 9.55 Å². The topological polar surface area (TPSA) is 72.2 Å². The number of carboxylic acids is 1. The molecule has 0 unspecified atom stereocenters. The van der Waals surface area contributed by atoms with E-state index >= 15 is 0 Å². The molecule has 5 nitrogen and oxygen atoms in total. The number of rotatable bonds is 5. The number of aryl methyl sites for hydroxylation is 2. The van der Waals surface area contributed by atoms with E-state index in [1.54, 1.807) is 4.57 Å². The first kappa shape index (κ1) is 16.0. The van der Waals surface area contributed by atoms with Gasteiger partial charge in [0.2, 0.25) is 0 Å². The van der Waals surface area contributed by atoms with Crippen LogP contribution in [-0.2, 0) is 11.3 Å². The molecule has 0 amide bonds. The summed E-state index contributed by atoms with van der Waals surface area (Å²) in [5.74, 6) is -0.727. The molecule has 0 spiro atoms. The first-order valence-corrected chi connectivity index (χ1v) is 8.46. The molecular formula is C14H18N2O3S2. The summed E-state index contributed by atoms with van der Waals surface area (Å²) in [6, 6.07) is 0. The van der Waals surface area contributed by atoms with Crippen molar-refractivity contribution in [3.05, 3.63) is 20.8 Å². The predicted molar refractivity (Wildman–Crippen MR) is 86.6 cm³/mol. The number of carbonyl (C=O) groups is 1. The monoisotopic (exact) mass is 326 g/mol. The summed E-state index contributed by atoms with van der Waals surface area (Å²) in [5, 5.41) is 10.0. The molecule has 1 N–H and O–H groups in total. The van der Waals surface area contributed by atoms with Gasteiger partial charge in [-0.1, -0.05) is 25.6 Å². The van der Waals surface area contributed by atoms with Gasteiger partial charge in [0.25, 0.3) is 5.56 Å². The Labute approximate surface area is 131 Å². The maximum absolute atomic E-state index is 12.7. The maximum atomic E-state index is 12.7. The molecule has 2 rings (SSSR count). The van der Waals surface area contributed by atoms with Crippen molar-refractivity contribution < 1.29 is 9.90 Å². The van der Waals surface area contributed by atoms with Crippen LogP contribution in [0.25, 0.3) is 10.2 Å². The van der Waals surface area contributed by atoms with Gasteiger partial charge in [0, 0.05) is 11.4 Å². The normalized spacial score (nSPS) is 11.5. The van der Waals surface area contributed by atoms with Crippen LogP contribution in [0.15, 0.2) is 9.95 Å². The third-order valence-electron chi connectivity index (χ3n) is 3.13. The molecule has 0 bridgehead atoms. The molecular weight excluding hydrogens is 308 g/mol. The Bertz CT molecular complexity index is 747. The van der Waals surface area contributed by atoms with Gasteiger partial charge in [0.05, 0.1) is 11.1 Å². The highest BCUT2D eigenvalue weighted by atomic mass is 32.2. The van der Waals surface area contributed by atoms with Gasteiger partial charge in [-0.3, -0.25) is 14.2 Å². The molecule has 7 heteroatoms. The Morgan fingerprint density at radius 2 is 2.10 bits per heavy atom. The predicted octanol–water partition coefficient (Wildman–Crippen LogP) is 2.91. The van der Waals surface area contributed by atoms with Crippen molar-refractivity contribution in [1.29, 1.82) is 0 Å². The molecule has 0 fully saturated rings. The quantitative estimate of drug-likeness (QED) is 0.675. The second-order valence-electron chi connectivity index (χ2n) is 5.35. The average molecular weight is 326 g/mol. The van der Waals surface area contributed by atoms with Crippen LogP contribution >= 0.6 is 23.1 Å². The third-order valence-corrected chi connectivity index (χ3v) is 5.19. The first-order valence-electron chi connectivity index (χ1n) is 6.66. The summed E-state index contributed by atoms with van der Waals surface area (Å²) < 4.78 is 1.61. The second kappa shape index (κ2) is 6.19. The fourth-order valence-electron chi connectivity index (χ4n) is 2.07. The van der Waals surface area contributed by atoms with E-state index in [1.807, 2.05) is 27.7 Å². The second-order valence-corrected chi connectivity index (χ2v) is 7.50. The number of hydrogen-bond acceptors (Lipinski definition) is 5. The van der Waals surface area contributed by atoms with E-state index in [-0.39, 0.29) is 17.2 Å². The smallest absolute Gasteiger partial charge is 0.313 e. The SMILES string of the molecule is Cc1sc2nc(SCC(=O)O)n(CC(C)C)c(=O)c2c1C. The van der Waals surface area contributed by atoms with E-state index in [4.69, 9.17) is 5.11 Å². The number of nitrogens with zero attached hydrogens (tertiary/aromatic N) is 2. The minimum Gasteiger partial charge on any atom is -0.481 e. The van der Waals surface area contributed by atoms with Crippen LogP contribution in [0.1, 0.15) is 24.3 Å². The largest absolute Gasteiger partial charge is 0.481 e. The Kier molecular flexibility index (Phi) is 4.73. The fourth-order valence-corrected chi connectivity index (χ4v) is 3.87. The standard InChI is InChI=1S/C14H18N2O3S2/c1-7(2)5-16-13(19)11-8(3)9(4)21-12(11)15-14(16)20-6-10(17)18/h7H,5-6H2,1-4H3,(H,17,18). The van der Waals surface area contributed by atoms with Gasteiger partial charge in [-0.15, -0.1) is 11.3 Å². The van der Waals surface area contributed by atoms with Gasteiger partial charge in [-0.25, -0.2) is 4.98 Å². The van der Waals surface area contributed by atoms with Crippen LogP contribution in [0.3, 0.4) is 0 Å². The Morgan fingerprint density at radius 3 is 2.67 bits per heavy atom. The molecule has 0 saturated heterocycles. The average Bonchev–Trinajstić information content (AvgIpc) is 2.66. The summed E-state index contributed by atoms with van der Waals surface area (Å²) in [7, 11) is 0. The van der Waals surface area contributed by atoms with Gasteiger partial charge in [-0.2, -0.15) is 0 Å². The summed E-state index contributed by atoms with van der Waals surface area (Å²) in [6.45, 7) is 8.49. The number of thioether (sulfide) groups is 1. The number of thiophene rings is 1. The molecule has 0 aliphatic rings. The van der Waals surface area contributed by atoms with E-state index in [1.165, 1.54) is 11.3 Å². The molecule has 0 atom stereocenters. The van der Waals surface area contributed by atoms with Gasteiger partial charge >= 0.3 is 5.97 Å². The first-order chi connectivity index (χ1) is 9.81. The number of fused-ring (bicyclic) bond motifs is 1. The van der Waals surface area contributed by atoms with Crippen LogP contribution in [0, 0.1) is 19.8 Å². The van der Waals surface area contributed by atoms with Crippen LogP contribution in [0.4, 0.5) is 0 Å². The molecule has 2 aromatic rings. The number of aliphatic carboxylic acids is 1. The molecule has 0 aromatic carbocycles. The highest BCUT2D eigenvalue weighted by molar-refractivity contribution is 7.99. The van der Waals surface area contributed by atoms with Crippen molar-refractivity contribution in [2.24, 2.45) is 5.92 Å². The summed E-state index contributed by atoms with van der Waals surface area (Å²) >= 11 is 2.58. The van der Waals surface area contributed by atoms with Gasteiger partial charge < -0.3 is 5.11 Å². The number of aromatic nitrogens is 2. The molecule has 0 radical (unpaired) electrons. The van der Waals surface area contributed by atoms with Crippen molar-refractivity contribution in [2.45, 2.75) is 39.4 Å². The summed E-state index contributed by atoms with van der Waals surface area (Å²) in [4.78, 5) is 29.8. The fraction of sp³-hybridized carbons (Fsp3) is 0.500. The van der Waals surface area contributed by atoms with Crippen molar-refractivity contribution in [3.63, 3.8) is 0 Å². The zero-order valence-corrected chi connectivity index (χ0v) is 14.1. The molecule has 0 saturated carbocycles. The van der Waals surface area contributed by atoms with Crippen molar-refractivity contribution in [3.8, 4) is 0 Å². The Balaban J connectivity index is 2.64. The van der Waals surface area contributed by atoms with E-state index in [0.29, 0.717) is 21.9 Å². The molecule has 0 aliphatic heterocycles. The highest BCUT2D eigenvalue weighted by Crippen LogP contribution is 2.28. The lowest BCUT2D eigenvalue weighted by molar-refractivity contribution is -0.133. The number of carboxylic acid groups (broad SMARTS) is 1. The molecule has 2 heterocycles. The summed E-state index contributed by atoms with van der Waals surface area (Å²) in [6.07, 6.45) is 0. The van der Waals surface area contributed by atoms with Gasteiger partial charge in [0.15, 0.2) is 5.16 Å². The minimum atomic E-state index is -0.913. The van der Waals surface area contributed by atoms with Crippen LogP contribution < -0.4 is 5.56 Å². The lowest BCUT2D eigenvalue weighted by Gasteiger charge is -2.13. The van der Waals surface area contributed by atoms with E-state index in [2.05, 4.69) is 4.98 Å². The van der Waals surface area contributed by atoms with Crippen LogP contribution in [-0.4, -0.2) is 26.4 Å². The lowest BCUT2D eigenvalue weighted by atomic mass is 10.2. The lowest BCUT2D eigenvalue weighted by Crippen LogP contribution is -2.25. The van der Waals surface area contributed by atoms with E-state index in [0.717, 1.165) is 22.2 Å². The molecule has 0 aliphatic carbocycles. The Morgan fingerprint density at radius 1 is 1.43 bits per heavy atom. The van der Waals surface area contributed by atoms with Gasteiger partial charge in [-0.05, 0) is 25.3 Å². The molecule has 114 valence electrons. The summed E-state index contributed by atoms with van der Waals surface area (Å²) in [5.41, 5.74) is 0.906. The number of hydrogen-bond donors (Lipinski definition) is 1. The Hall–Kier alpha value is -1.34. The zero-order chi connectivity index (χ0) is 15.7. The third kappa shape index (κ3) is 3.29. The van der Waals surface area contributed by atoms with Crippen molar-refractivity contribution >= 4 is 39.3 Å². The van der Waals surface area contributed by atoms with Crippen molar-refractivity contribution in [2.75, 3.05) is 5.75 Å². The van der Waals surface area contributed by atoms with E-state index < -0.39 is 5.97 Å². The maximum Gasteiger partial charge on any atom is 0.313 e. The molecule has 21 heavy (non-hydrogen) atoms. The highest BCUT2D eigenvalue weighted by Gasteiger charge is 2.18. The minimum absolute atomic E-state index is 0.0663. The van der Waals surface area contributed by atoms with Crippen LogP contribution in [0.5, 0.6) is 0 Å². The molecule has 2 aromatic heterocycles. The van der Waals surface area contributed by atoms with Gasteiger partial charge in [0.1, 0.15) is 4.83 Å². The van der Waals surface area contributed by atoms with E-state index in [9.17, 15) is 9.59 Å². The zero-order valence-electron chi connectivity index (χ0n) is 12.5. The van der Waals surface area contributed by atoms with Crippen LogP contribution in [0.2, 0.25) is 0 Å².